The molecule has 6 rings (SSSR count). The van der Waals surface area contributed by atoms with Gasteiger partial charge in [0.05, 0.1) is 0 Å². The molecule has 0 spiro atoms. The Morgan fingerprint density at radius 1 is 0.533 bits per heavy atom. The molecule has 2 heterocycles. The first kappa shape index (κ1) is 17.3. The maximum absolute atomic E-state index is 6.84. The summed E-state index contributed by atoms with van der Waals surface area (Å²) >= 11 is 0. The number of hydrogen-bond donors (Lipinski definition) is 0. The van der Waals surface area contributed by atoms with E-state index in [1.54, 1.807) is 0 Å². The molecule has 2 aliphatic heterocycles. The number of aryl methyl sites for hydroxylation is 2. The van der Waals surface area contributed by atoms with Crippen molar-refractivity contribution in [2.45, 2.75) is 25.0 Å². The quantitative estimate of drug-likeness (QED) is 0.401. The maximum Gasteiger partial charge on any atom is 0.296 e. The Hall–Kier alpha value is -3.52. The van der Waals surface area contributed by atoms with E-state index in [9.17, 15) is 0 Å². The molecular formula is C28H22O2. The molecule has 30 heavy (non-hydrogen) atoms. The van der Waals surface area contributed by atoms with Gasteiger partial charge in [0, 0.05) is 16.7 Å². The molecule has 0 N–H and O–H groups in total. The van der Waals surface area contributed by atoms with Gasteiger partial charge in [0.1, 0.15) is 16.9 Å². The number of fused-ring (bicyclic) bond motifs is 5. The van der Waals surface area contributed by atoms with E-state index in [2.05, 4.69) is 105 Å². The average molecular weight is 390 g/mol. The molecule has 2 heteroatoms. The number of benzene rings is 4. The summed E-state index contributed by atoms with van der Waals surface area (Å²) in [5.74, 6) is 0.768. The molecule has 0 bridgehead atoms. The highest BCUT2D eigenvalue weighted by Crippen LogP contribution is 2.66. The highest BCUT2D eigenvalue weighted by Gasteiger charge is 2.70. The second kappa shape index (κ2) is 5.99. The molecule has 0 atom stereocenters. The van der Waals surface area contributed by atoms with Gasteiger partial charge in [0.2, 0.25) is 0 Å². The second-order valence-electron chi connectivity index (χ2n) is 8.30. The lowest BCUT2D eigenvalue weighted by Gasteiger charge is -2.38. The zero-order valence-electron chi connectivity index (χ0n) is 17.1. The fourth-order valence-electron chi connectivity index (χ4n) is 5.21. The van der Waals surface area contributed by atoms with Crippen molar-refractivity contribution in [1.29, 1.82) is 0 Å². The van der Waals surface area contributed by atoms with Gasteiger partial charge in [-0.15, -0.1) is 0 Å². The highest BCUT2D eigenvalue weighted by atomic mass is 16.7. The third kappa shape index (κ3) is 2.03. The first-order valence-corrected chi connectivity index (χ1v) is 10.4. The molecule has 2 aliphatic rings. The largest absolute Gasteiger partial charge is 0.446 e. The van der Waals surface area contributed by atoms with Crippen LogP contribution in [-0.4, -0.2) is 0 Å². The van der Waals surface area contributed by atoms with Gasteiger partial charge in [-0.05, 0) is 42.7 Å². The maximum atomic E-state index is 6.84. The predicted molar refractivity (Wildman–Crippen MR) is 118 cm³/mol. The van der Waals surface area contributed by atoms with Crippen molar-refractivity contribution in [2.24, 2.45) is 0 Å². The van der Waals surface area contributed by atoms with Gasteiger partial charge >= 0.3 is 0 Å². The molecule has 2 nitrogen and oxygen atoms in total. The van der Waals surface area contributed by atoms with Crippen molar-refractivity contribution in [3.8, 4) is 11.5 Å². The summed E-state index contributed by atoms with van der Waals surface area (Å²) in [7, 11) is 0. The van der Waals surface area contributed by atoms with Crippen molar-refractivity contribution >= 4 is 0 Å². The van der Waals surface area contributed by atoms with Crippen LogP contribution in [0.25, 0.3) is 0 Å². The van der Waals surface area contributed by atoms with Crippen LogP contribution in [0.2, 0.25) is 0 Å². The van der Waals surface area contributed by atoms with Crippen LogP contribution in [0, 0.1) is 13.8 Å². The van der Waals surface area contributed by atoms with Gasteiger partial charge in [0.25, 0.3) is 5.79 Å². The van der Waals surface area contributed by atoms with Crippen molar-refractivity contribution in [3.63, 3.8) is 0 Å². The fraction of sp³-hybridized carbons (Fsp3) is 0.143. The van der Waals surface area contributed by atoms with Gasteiger partial charge in [-0.3, -0.25) is 0 Å². The average Bonchev–Trinajstić information content (AvgIpc) is 3.21. The molecule has 4 aromatic rings. The lowest BCUT2D eigenvalue weighted by molar-refractivity contribution is -0.119. The topological polar surface area (TPSA) is 18.5 Å². The first-order valence-electron chi connectivity index (χ1n) is 10.4. The Labute approximate surface area is 176 Å². The van der Waals surface area contributed by atoms with E-state index < -0.39 is 11.2 Å². The smallest absolute Gasteiger partial charge is 0.296 e. The van der Waals surface area contributed by atoms with E-state index >= 15 is 0 Å². The number of rotatable bonds is 2. The Kier molecular flexibility index (Phi) is 3.47. The zero-order valence-corrected chi connectivity index (χ0v) is 17.1. The summed E-state index contributed by atoms with van der Waals surface area (Å²) in [6.07, 6.45) is 0. The summed E-state index contributed by atoms with van der Waals surface area (Å²) in [5, 5.41) is 0. The van der Waals surface area contributed by atoms with E-state index in [4.69, 9.17) is 9.47 Å². The molecule has 0 aromatic heterocycles. The Bertz CT molecular complexity index is 1200. The van der Waals surface area contributed by atoms with Gasteiger partial charge in [-0.25, -0.2) is 0 Å². The highest BCUT2D eigenvalue weighted by molar-refractivity contribution is 5.69. The van der Waals surface area contributed by atoms with Crippen LogP contribution in [0.5, 0.6) is 11.5 Å². The van der Waals surface area contributed by atoms with Crippen molar-refractivity contribution < 1.29 is 9.47 Å². The zero-order chi connectivity index (χ0) is 20.3. The SMILES string of the molecule is Cc1ccc2c(c1)OC1(c3ccccc3)Oc3cc(C)ccc3C21c1ccccc1. The Balaban J connectivity index is 1.79. The summed E-state index contributed by atoms with van der Waals surface area (Å²) in [5.41, 5.74) is 6.21. The van der Waals surface area contributed by atoms with E-state index in [1.165, 1.54) is 16.7 Å². The van der Waals surface area contributed by atoms with Crippen LogP contribution in [0.15, 0.2) is 97.1 Å². The minimum atomic E-state index is -0.998. The molecule has 0 aliphatic carbocycles. The summed E-state index contributed by atoms with van der Waals surface area (Å²) < 4.78 is 13.7. The molecule has 0 saturated carbocycles. The number of hydrogen-bond acceptors (Lipinski definition) is 2. The first-order chi connectivity index (χ1) is 14.6. The monoisotopic (exact) mass is 390 g/mol. The normalized spacial score (nSPS) is 23.1. The Morgan fingerprint density at radius 3 is 1.50 bits per heavy atom. The van der Waals surface area contributed by atoms with Crippen LogP contribution >= 0.6 is 0 Å². The summed E-state index contributed by atoms with van der Waals surface area (Å²) in [6, 6.07) is 34.0. The van der Waals surface area contributed by atoms with E-state index in [0.29, 0.717) is 0 Å². The molecule has 0 radical (unpaired) electrons. The molecule has 0 unspecified atom stereocenters. The van der Waals surface area contributed by atoms with E-state index in [0.717, 1.165) is 28.2 Å². The standard InChI is InChI=1S/C28H22O2/c1-19-13-15-23-25(17-19)29-28(22-11-7-4-8-12-22)27(23,21-9-5-3-6-10-21)24-16-14-20(2)18-26(24)30-28/h3-18H,1-2H3. The van der Waals surface area contributed by atoms with Crippen LogP contribution in [0.4, 0.5) is 0 Å². The van der Waals surface area contributed by atoms with Gasteiger partial charge < -0.3 is 9.47 Å². The minimum Gasteiger partial charge on any atom is -0.446 e. The van der Waals surface area contributed by atoms with Crippen molar-refractivity contribution in [2.75, 3.05) is 0 Å². The van der Waals surface area contributed by atoms with Crippen LogP contribution < -0.4 is 9.47 Å². The van der Waals surface area contributed by atoms with Gasteiger partial charge in [-0.1, -0.05) is 84.9 Å². The molecule has 4 aromatic carbocycles. The summed E-state index contributed by atoms with van der Waals surface area (Å²) in [4.78, 5) is 0. The van der Waals surface area contributed by atoms with Crippen molar-refractivity contribution in [1.82, 2.24) is 0 Å². The molecule has 0 amide bonds. The molecule has 0 saturated heterocycles. The van der Waals surface area contributed by atoms with Crippen LogP contribution in [-0.2, 0) is 11.2 Å². The molecular weight excluding hydrogens is 368 g/mol. The predicted octanol–water partition coefficient (Wildman–Crippen LogP) is 6.28. The summed E-state index contributed by atoms with van der Waals surface area (Å²) in [6.45, 7) is 4.20. The molecule has 0 fully saturated rings. The van der Waals surface area contributed by atoms with E-state index in [1.807, 2.05) is 6.07 Å². The van der Waals surface area contributed by atoms with Crippen LogP contribution in [0.1, 0.15) is 33.4 Å². The lowest BCUT2D eigenvalue weighted by Crippen LogP contribution is -2.50. The fourth-order valence-corrected chi connectivity index (χ4v) is 5.21. The lowest BCUT2D eigenvalue weighted by atomic mass is 9.64. The Morgan fingerprint density at radius 2 is 1.00 bits per heavy atom. The molecule has 146 valence electrons. The van der Waals surface area contributed by atoms with Gasteiger partial charge in [0.15, 0.2) is 0 Å². The second-order valence-corrected chi connectivity index (χ2v) is 8.30. The van der Waals surface area contributed by atoms with Crippen LogP contribution in [0.3, 0.4) is 0 Å². The van der Waals surface area contributed by atoms with Gasteiger partial charge in [-0.2, -0.15) is 0 Å². The third-order valence-electron chi connectivity index (χ3n) is 6.44. The minimum absolute atomic E-state index is 0.596. The van der Waals surface area contributed by atoms with Crippen molar-refractivity contribution in [3.05, 3.63) is 130 Å². The third-order valence-corrected chi connectivity index (χ3v) is 6.44. The number of ether oxygens (including phenoxy) is 2. The van der Waals surface area contributed by atoms with E-state index in [-0.39, 0.29) is 0 Å².